The van der Waals surface area contributed by atoms with Crippen molar-refractivity contribution in [2.75, 3.05) is 6.26 Å². The minimum Gasteiger partial charge on any atom is -0.224 e. The van der Waals surface area contributed by atoms with Gasteiger partial charge in [-0.1, -0.05) is 50.1 Å². The fourth-order valence-electron chi connectivity index (χ4n) is 0.998. The first-order valence-electron chi connectivity index (χ1n) is 3.50. The van der Waals surface area contributed by atoms with Crippen LogP contribution in [0, 0.1) is 0 Å². The normalized spacial score (nSPS) is 12.0. The molecule has 5 heteroatoms. The number of sulfone groups is 1. The van der Waals surface area contributed by atoms with E-state index in [0.717, 1.165) is 5.56 Å². The number of hydrogen-bond donors (Lipinski definition) is 0. The van der Waals surface area contributed by atoms with E-state index in [1.165, 1.54) is 6.26 Å². The topological polar surface area (TPSA) is 34.1 Å². The number of hydrogen-bond acceptors (Lipinski definition) is 2. The van der Waals surface area contributed by atoms with E-state index in [-0.39, 0.29) is 3.74 Å². The van der Waals surface area contributed by atoms with Gasteiger partial charge in [-0.05, 0) is 11.6 Å². The largest absolute Gasteiger partial charge is 0.224 e. The summed E-state index contributed by atoms with van der Waals surface area (Å²) in [5.74, 6) is 0. The number of alkyl halides is 2. The van der Waals surface area contributed by atoms with Gasteiger partial charge in [0, 0.05) is 6.26 Å². The third-order valence-electron chi connectivity index (χ3n) is 1.55. The third kappa shape index (κ3) is 2.79. The highest BCUT2D eigenvalue weighted by Gasteiger charge is 2.15. The Morgan fingerprint density at radius 1 is 1.23 bits per heavy atom. The molecule has 1 aromatic carbocycles. The third-order valence-corrected chi connectivity index (χ3v) is 3.71. The summed E-state index contributed by atoms with van der Waals surface area (Å²) in [5.41, 5.74) is 0.727. The molecule has 0 saturated carbocycles. The standard InChI is InChI=1S/C8H8Br2O2S/c1-13(11,12)7-5-3-2-4-6(7)8(9)10/h2-5,8H,1H3. The van der Waals surface area contributed by atoms with Gasteiger partial charge >= 0.3 is 0 Å². The van der Waals surface area contributed by atoms with Gasteiger partial charge in [-0.2, -0.15) is 0 Å². The van der Waals surface area contributed by atoms with E-state index in [2.05, 4.69) is 31.9 Å². The Labute approximate surface area is 94.5 Å². The molecule has 0 aromatic heterocycles. The molecule has 0 spiro atoms. The molecule has 0 aliphatic carbocycles. The lowest BCUT2D eigenvalue weighted by Crippen LogP contribution is -2.01. The summed E-state index contributed by atoms with van der Waals surface area (Å²) in [5, 5.41) is 0. The van der Waals surface area contributed by atoms with E-state index in [0.29, 0.717) is 4.90 Å². The molecule has 13 heavy (non-hydrogen) atoms. The van der Waals surface area contributed by atoms with Crippen LogP contribution < -0.4 is 0 Å². The van der Waals surface area contributed by atoms with Crippen LogP contribution in [-0.2, 0) is 9.84 Å². The van der Waals surface area contributed by atoms with Gasteiger partial charge in [-0.15, -0.1) is 0 Å². The van der Waals surface area contributed by atoms with Crippen LogP contribution in [0.25, 0.3) is 0 Å². The zero-order valence-electron chi connectivity index (χ0n) is 6.87. The lowest BCUT2D eigenvalue weighted by atomic mass is 10.2. The van der Waals surface area contributed by atoms with Gasteiger partial charge in [0.1, 0.15) is 0 Å². The van der Waals surface area contributed by atoms with Crippen molar-refractivity contribution >= 4 is 41.7 Å². The summed E-state index contributed by atoms with van der Waals surface area (Å²) in [6.45, 7) is 0. The van der Waals surface area contributed by atoms with Crippen molar-refractivity contribution in [3.63, 3.8) is 0 Å². The molecule has 0 fully saturated rings. The second-order valence-electron chi connectivity index (χ2n) is 2.61. The van der Waals surface area contributed by atoms with Gasteiger partial charge in [0.05, 0.1) is 8.63 Å². The first-order chi connectivity index (χ1) is 5.93. The Hall–Kier alpha value is 0.130. The predicted octanol–water partition coefficient (Wildman–Crippen LogP) is 2.88. The molecule has 0 amide bonds. The van der Waals surface area contributed by atoms with E-state index in [1.54, 1.807) is 24.3 Å². The summed E-state index contributed by atoms with van der Waals surface area (Å²) >= 11 is 6.56. The van der Waals surface area contributed by atoms with E-state index < -0.39 is 9.84 Å². The predicted molar refractivity (Wildman–Crippen MR) is 60.1 cm³/mol. The van der Waals surface area contributed by atoms with E-state index in [9.17, 15) is 8.42 Å². The smallest absolute Gasteiger partial charge is 0.175 e. The average Bonchev–Trinajstić information content (AvgIpc) is 2.03. The van der Waals surface area contributed by atoms with Gasteiger partial charge in [0.15, 0.2) is 9.84 Å². The van der Waals surface area contributed by atoms with Gasteiger partial charge in [-0.3, -0.25) is 0 Å². The highest BCUT2D eigenvalue weighted by Crippen LogP contribution is 2.33. The van der Waals surface area contributed by atoms with Crippen LogP contribution in [0.3, 0.4) is 0 Å². The Bertz CT molecular complexity index is 398. The van der Waals surface area contributed by atoms with Crippen molar-refractivity contribution in [3.05, 3.63) is 29.8 Å². The Morgan fingerprint density at radius 3 is 2.15 bits per heavy atom. The molecule has 1 aromatic rings. The maximum Gasteiger partial charge on any atom is 0.175 e. The van der Waals surface area contributed by atoms with Crippen LogP contribution >= 0.6 is 31.9 Å². The van der Waals surface area contributed by atoms with Crippen molar-refractivity contribution < 1.29 is 8.42 Å². The fourth-order valence-corrected chi connectivity index (χ4v) is 3.04. The maximum atomic E-state index is 11.3. The molecular weight excluding hydrogens is 320 g/mol. The Balaban J connectivity index is 3.37. The Morgan fingerprint density at radius 2 is 1.77 bits per heavy atom. The van der Waals surface area contributed by atoms with Crippen LogP contribution in [-0.4, -0.2) is 14.7 Å². The minimum atomic E-state index is -3.14. The second kappa shape index (κ2) is 4.11. The van der Waals surface area contributed by atoms with Crippen molar-refractivity contribution in [1.82, 2.24) is 0 Å². The number of benzene rings is 1. The molecule has 0 aliphatic rings. The lowest BCUT2D eigenvalue weighted by Gasteiger charge is -2.07. The highest BCUT2D eigenvalue weighted by atomic mass is 79.9. The molecule has 0 heterocycles. The monoisotopic (exact) mass is 326 g/mol. The molecule has 0 saturated heterocycles. The highest BCUT2D eigenvalue weighted by molar-refractivity contribution is 9.24. The molecule has 0 atom stereocenters. The first-order valence-corrected chi connectivity index (χ1v) is 7.22. The van der Waals surface area contributed by atoms with Crippen LogP contribution in [0.1, 0.15) is 9.30 Å². The van der Waals surface area contributed by atoms with E-state index in [4.69, 9.17) is 0 Å². The molecule has 0 bridgehead atoms. The summed E-state index contributed by atoms with van der Waals surface area (Å²) in [4.78, 5) is 0.355. The molecule has 0 unspecified atom stereocenters. The fraction of sp³-hybridized carbons (Fsp3) is 0.250. The van der Waals surface area contributed by atoms with Gasteiger partial charge < -0.3 is 0 Å². The molecule has 1 rings (SSSR count). The van der Waals surface area contributed by atoms with Crippen molar-refractivity contribution in [2.24, 2.45) is 0 Å². The maximum absolute atomic E-state index is 11.3. The molecule has 2 nitrogen and oxygen atoms in total. The van der Waals surface area contributed by atoms with E-state index in [1.807, 2.05) is 0 Å². The SMILES string of the molecule is CS(=O)(=O)c1ccccc1C(Br)Br. The number of halogens is 2. The molecule has 0 radical (unpaired) electrons. The molecule has 72 valence electrons. The van der Waals surface area contributed by atoms with Gasteiger partial charge in [-0.25, -0.2) is 8.42 Å². The number of rotatable bonds is 2. The average molecular weight is 328 g/mol. The minimum absolute atomic E-state index is 0.133. The summed E-state index contributed by atoms with van der Waals surface area (Å²) in [7, 11) is -3.14. The van der Waals surface area contributed by atoms with Crippen LogP contribution in [0.2, 0.25) is 0 Å². The van der Waals surface area contributed by atoms with Gasteiger partial charge in [0.25, 0.3) is 0 Å². The quantitative estimate of drug-likeness (QED) is 0.783. The van der Waals surface area contributed by atoms with Crippen molar-refractivity contribution in [3.8, 4) is 0 Å². The van der Waals surface area contributed by atoms with Crippen LogP contribution in [0.5, 0.6) is 0 Å². The second-order valence-corrected chi connectivity index (χ2v) is 7.65. The van der Waals surface area contributed by atoms with E-state index >= 15 is 0 Å². The summed E-state index contributed by atoms with van der Waals surface area (Å²) in [6.07, 6.45) is 1.20. The molecular formula is C8H8Br2O2S. The zero-order chi connectivity index (χ0) is 10.1. The lowest BCUT2D eigenvalue weighted by molar-refractivity contribution is 0.601. The molecule has 0 N–H and O–H groups in total. The summed E-state index contributed by atoms with van der Waals surface area (Å²) in [6, 6.07) is 6.88. The van der Waals surface area contributed by atoms with Crippen molar-refractivity contribution in [2.45, 2.75) is 8.63 Å². The van der Waals surface area contributed by atoms with Crippen LogP contribution in [0.4, 0.5) is 0 Å². The van der Waals surface area contributed by atoms with Crippen molar-refractivity contribution in [1.29, 1.82) is 0 Å². The molecule has 0 aliphatic heterocycles. The summed E-state index contributed by atoms with van der Waals surface area (Å²) < 4.78 is 22.5. The Kier molecular flexibility index (Phi) is 3.54. The first kappa shape index (κ1) is 11.2. The van der Waals surface area contributed by atoms with Crippen LogP contribution in [0.15, 0.2) is 29.2 Å². The van der Waals surface area contributed by atoms with Gasteiger partial charge in [0.2, 0.25) is 0 Å². The zero-order valence-corrected chi connectivity index (χ0v) is 10.9.